The molecule has 1 aromatic carbocycles. The fraction of sp³-hybridized carbons (Fsp3) is 0.417. The van der Waals surface area contributed by atoms with E-state index in [4.69, 9.17) is 8.92 Å². The molecule has 6 nitrogen and oxygen atoms in total. The molecule has 1 aromatic rings. The number of aryl methyl sites for hydroxylation is 1. The summed E-state index contributed by atoms with van der Waals surface area (Å²) in [5.41, 5.74) is 0.959. The number of carbonyl (C=O) groups excluding carboxylic acids is 1. The van der Waals surface area contributed by atoms with Gasteiger partial charge in [0.15, 0.2) is 0 Å². The topological polar surface area (TPSA) is 78.9 Å². The van der Waals surface area contributed by atoms with E-state index in [-0.39, 0.29) is 24.7 Å². The summed E-state index contributed by atoms with van der Waals surface area (Å²) in [7, 11) is -2.54. The van der Waals surface area contributed by atoms with Crippen LogP contribution >= 0.6 is 0 Å². The third-order valence-electron chi connectivity index (χ3n) is 2.22. The summed E-state index contributed by atoms with van der Waals surface area (Å²) >= 11 is 0. The molecular weight excluding hydrogens is 272 g/mol. The van der Waals surface area contributed by atoms with E-state index in [0.717, 1.165) is 5.56 Å². The molecule has 0 saturated carbocycles. The maximum atomic E-state index is 11.7. The van der Waals surface area contributed by atoms with Crippen LogP contribution < -0.4 is 0 Å². The zero-order chi connectivity index (χ0) is 14.3. The number of rotatable bonds is 7. The van der Waals surface area contributed by atoms with E-state index in [0.29, 0.717) is 0 Å². The van der Waals surface area contributed by atoms with Crippen molar-refractivity contribution < 1.29 is 26.9 Å². The predicted molar refractivity (Wildman–Crippen MR) is 67.2 cm³/mol. The van der Waals surface area contributed by atoms with Gasteiger partial charge in [0.2, 0.25) is 0 Å². The van der Waals surface area contributed by atoms with Gasteiger partial charge >= 0.3 is 5.97 Å². The van der Waals surface area contributed by atoms with Crippen LogP contribution in [0.5, 0.6) is 0 Å². The van der Waals surface area contributed by atoms with Crippen LogP contribution in [0.4, 0.5) is 0 Å². The third-order valence-corrected chi connectivity index (χ3v) is 3.55. The van der Waals surface area contributed by atoms with Gasteiger partial charge in [0, 0.05) is 0 Å². The van der Waals surface area contributed by atoms with E-state index >= 15 is 0 Å². The van der Waals surface area contributed by atoms with E-state index in [1.807, 2.05) is 6.92 Å². The Kier molecular flexibility index (Phi) is 5.94. The monoisotopic (exact) mass is 288 g/mol. The standard InChI is InChI=1S/C12H16O6S/c1-10-3-5-11(6-4-10)19(14,15)18-8-7-17-9-12(13)16-2/h3-6H,7-9H2,1-2H3. The maximum absolute atomic E-state index is 11.7. The van der Waals surface area contributed by atoms with Crippen molar-refractivity contribution in [3.05, 3.63) is 29.8 Å². The molecule has 0 bridgehead atoms. The lowest BCUT2D eigenvalue weighted by Crippen LogP contribution is -2.15. The summed E-state index contributed by atoms with van der Waals surface area (Å²) in [4.78, 5) is 10.8. The highest BCUT2D eigenvalue weighted by atomic mass is 32.2. The second-order valence-corrected chi connectivity index (χ2v) is 5.33. The summed E-state index contributed by atoms with van der Waals surface area (Å²) in [5.74, 6) is -0.526. The first-order valence-corrected chi connectivity index (χ1v) is 6.97. The SMILES string of the molecule is COC(=O)COCCOS(=O)(=O)c1ccc(C)cc1. The van der Waals surface area contributed by atoms with E-state index < -0.39 is 16.1 Å². The fourth-order valence-electron chi connectivity index (χ4n) is 1.19. The van der Waals surface area contributed by atoms with Crippen molar-refractivity contribution in [1.82, 2.24) is 0 Å². The van der Waals surface area contributed by atoms with Gasteiger partial charge in [-0.05, 0) is 19.1 Å². The van der Waals surface area contributed by atoms with Crippen molar-refractivity contribution in [2.24, 2.45) is 0 Å². The zero-order valence-corrected chi connectivity index (χ0v) is 11.6. The van der Waals surface area contributed by atoms with Gasteiger partial charge in [0.05, 0.1) is 25.2 Å². The Morgan fingerprint density at radius 1 is 1.16 bits per heavy atom. The van der Waals surface area contributed by atoms with Crippen LogP contribution in [0, 0.1) is 6.92 Å². The van der Waals surface area contributed by atoms with Crippen LogP contribution in [-0.2, 0) is 28.6 Å². The van der Waals surface area contributed by atoms with Gasteiger partial charge in [-0.25, -0.2) is 4.79 Å². The molecule has 0 radical (unpaired) electrons. The minimum Gasteiger partial charge on any atom is -0.467 e. The lowest BCUT2D eigenvalue weighted by atomic mass is 10.2. The highest BCUT2D eigenvalue weighted by molar-refractivity contribution is 7.86. The molecule has 0 aliphatic rings. The Morgan fingerprint density at radius 2 is 1.79 bits per heavy atom. The first-order valence-electron chi connectivity index (χ1n) is 5.56. The summed E-state index contributed by atoms with van der Waals surface area (Å²) in [6, 6.07) is 6.31. The smallest absolute Gasteiger partial charge is 0.331 e. The van der Waals surface area contributed by atoms with Gasteiger partial charge in [0.25, 0.3) is 10.1 Å². The van der Waals surface area contributed by atoms with Crippen molar-refractivity contribution in [2.75, 3.05) is 26.9 Å². The number of methoxy groups -OCH3 is 1. The molecule has 0 unspecified atom stereocenters. The first-order chi connectivity index (χ1) is 8.95. The van der Waals surface area contributed by atoms with Gasteiger partial charge in [-0.3, -0.25) is 4.18 Å². The van der Waals surface area contributed by atoms with Crippen molar-refractivity contribution in [3.63, 3.8) is 0 Å². The molecule has 0 fully saturated rings. The van der Waals surface area contributed by atoms with Gasteiger partial charge in [-0.15, -0.1) is 0 Å². The van der Waals surface area contributed by atoms with Gasteiger partial charge in [0.1, 0.15) is 6.61 Å². The quantitative estimate of drug-likeness (QED) is 0.421. The molecular formula is C12H16O6S. The van der Waals surface area contributed by atoms with Gasteiger partial charge < -0.3 is 9.47 Å². The molecule has 0 N–H and O–H groups in total. The van der Waals surface area contributed by atoms with Crippen LogP contribution in [0.3, 0.4) is 0 Å². The van der Waals surface area contributed by atoms with E-state index in [1.54, 1.807) is 12.1 Å². The lowest BCUT2D eigenvalue weighted by molar-refractivity contribution is -0.146. The maximum Gasteiger partial charge on any atom is 0.331 e. The lowest BCUT2D eigenvalue weighted by Gasteiger charge is -2.06. The van der Waals surface area contributed by atoms with Crippen molar-refractivity contribution in [2.45, 2.75) is 11.8 Å². The van der Waals surface area contributed by atoms with Crippen LogP contribution in [-0.4, -0.2) is 41.3 Å². The highest BCUT2D eigenvalue weighted by Gasteiger charge is 2.14. The normalized spacial score (nSPS) is 11.3. The molecule has 1 rings (SSSR count). The average molecular weight is 288 g/mol. The van der Waals surface area contributed by atoms with E-state index in [2.05, 4.69) is 4.74 Å². The Bertz CT molecular complexity index is 506. The van der Waals surface area contributed by atoms with Crippen LogP contribution in [0.2, 0.25) is 0 Å². The van der Waals surface area contributed by atoms with Gasteiger partial charge in [-0.2, -0.15) is 8.42 Å². The molecule has 0 aromatic heterocycles. The molecule has 0 amide bonds. The van der Waals surface area contributed by atoms with Gasteiger partial charge in [-0.1, -0.05) is 17.7 Å². The molecule has 0 spiro atoms. The minimum atomic E-state index is -3.78. The summed E-state index contributed by atoms with van der Waals surface area (Å²) in [6.07, 6.45) is 0. The van der Waals surface area contributed by atoms with E-state index in [1.165, 1.54) is 19.2 Å². The number of ether oxygens (including phenoxy) is 2. The number of hydrogen-bond donors (Lipinski definition) is 0. The number of hydrogen-bond acceptors (Lipinski definition) is 6. The molecule has 7 heteroatoms. The Balaban J connectivity index is 2.39. The minimum absolute atomic E-state index is 0.0137. The molecule has 0 heterocycles. The number of esters is 1. The summed E-state index contributed by atoms with van der Waals surface area (Å²) in [6.45, 7) is 1.45. The summed E-state index contributed by atoms with van der Waals surface area (Å²) < 4.78 is 37.4. The number of benzene rings is 1. The predicted octanol–water partition coefficient (Wildman–Crippen LogP) is 0.890. The van der Waals surface area contributed by atoms with Crippen molar-refractivity contribution in [1.29, 1.82) is 0 Å². The second kappa shape index (κ2) is 7.22. The van der Waals surface area contributed by atoms with Crippen LogP contribution in [0.1, 0.15) is 5.56 Å². The largest absolute Gasteiger partial charge is 0.467 e. The summed E-state index contributed by atoms with van der Waals surface area (Å²) in [5, 5.41) is 0. The van der Waals surface area contributed by atoms with Crippen LogP contribution in [0.25, 0.3) is 0 Å². The van der Waals surface area contributed by atoms with Crippen molar-refractivity contribution in [3.8, 4) is 0 Å². The third kappa shape index (κ3) is 5.37. The second-order valence-electron chi connectivity index (χ2n) is 3.72. The molecule has 106 valence electrons. The first kappa shape index (κ1) is 15.6. The van der Waals surface area contributed by atoms with Crippen molar-refractivity contribution >= 4 is 16.1 Å². The zero-order valence-electron chi connectivity index (χ0n) is 10.8. The average Bonchev–Trinajstić information content (AvgIpc) is 2.38. The Hall–Kier alpha value is -1.44. The van der Waals surface area contributed by atoms with E-state index in [9.17, 15) is 13.2 Å². The molecule has 0 aliphatic carbocycles. The Labute approximate surface area is 112 Å². The molecule has 0 saturated heterocycles. The van der Waals surface area contributed by atoms with Crippen LogP contribution in [0.15, 0.2) is 29.2 Å². The highest BCUT2D eigenvalue weighted by Crippen LogP contribution is 2.12. The molecule has 19 heavy (non-hydrogen) atoms. The number of carbonyl (C=O) groups is 1. The molecule has 0 atom stereocenters. The fourth-order valence-corrected chi connectivity index (χ4v) is 2.08. The molecule has 0 aliphatic heterocycles. The Morgan fingerprint density at radius 3 is 2.37 bits per heavy atom.